The van der Waals surface area contributed by atoms with Gasteiger partial charge in [-0.05, 0) is 45.6 Å². The van der Waals surface area contributed by atoms with Gasteiger partial charge in [0.05, 0.1) is 36.5 Å². The summed E-state index contributed by atoms with van der Waals surface area (Å²) in [5.41, 5.74) is -2.27. The molecule has 0 spiro atoms. The maximum Gasteiger partial charge on any atom is 0.419 e. The van der Waals surface area contributed by atoms with Crippen LogP contribution in [0.4, 0.5) is 29.7 Å². The van der Waals surface area contributed by atoms with Gasteiger partial charge >= 0.3 is 18.3 Å². The molecule has 0 atom stereocenters. The minimum absolute atomic E-state index is 0.122. The number of aromatic nitrogens is 7. The lowest BCUT2D eigenvalue weighted by Gasteiger charge is -2.36. The Morgan fingerprint density at radius 2 is 1.68 bits per heavy atom. The van der Waals surface area contributed by atoms with Crippen LogP contribution >= 0.6 is 0 Å². The number of nitrogens with one attached hydrogen (secondary N) is 1. The fourth-order valence-corrected chi connectivity index (χ4v) is 5.63. The van der Waals surface area contributed by atoms with E-state index in [0.29, 0.717) is 43.1 Å². The number of ether oxygens (including phenoxy) is 2. The largest absolute Gasteiger partial charge is 0.467 e. The van der Waals surface area contributed by atoms with E-state index in [1.807, 2.05) is 0 Å². The molecule has 1 saturated carbocycles. The lowest BCUT2D eigenvalue weighted by Crippen LogP contribution is -2.46. The summed E-state index contributed by atoms with van der Waals surface area (Å²) in [6.45, 7) is 2.71. The van der Waals surface area contributed by atoms with Gasteiger partial charge in [0, 0.05) is 54.2 Å². The van der Waals surface area contributed by atoms with Crippen LogP contribution in [-0.4, -0.2) is 85.9 Å². The number of methoxy groups -OCH3 is 1. The highest BCUT2D eigenvalue weighted by molar-refractivity contribution is 7.89. The van der Waals surface area contributed by atoms with Crippen molar-refractivity contribution in [2.75, 3.05) is 23.9 Å². The Morgan fingerprint density at radius 3 is 2.26 bits per heavy atom. The summed E-state index contributed by atoms with van der Waals surface area (Å²) >= 11 is 0. The van der Waals surface area contributed by atoms with Gasteiger partial charge in [-0.25, -0.2) is 43.3 Å². The molecule has 4 aromatic heterocycles. The molecule has 0 aromatic carbocycles. The quantitative estimate of drug-likeness (QED) is 0.213. The van der Waals surface area contributed by atoms with E-state index in [0.717, 1.165) is 18.5 Å². The highest BCUT2D eigenvalue weighted by atomic mass is 32.2. The molecule has 4 aromatic rings. The molecule has 1 aliphatic rings. The number of pyridine rings is 1. The molecule has 0 aliphatic heterocycles. The van der Waals surface area contributed by atoms with Gasteiger partial charge in [-0.15, -0.1) is 0 Å². The zero-order valence-corrected chi connectivity index (χ0v) is 27.8. The summed E-state index contributed by atoms with van der Waals surface area (Å²) in [5, 5.41) is 18.3. The number of nitrogens with zero attached hydrogens (tertiary/aromatic N) is 8. The van der Waals surface area contributed by atoms with E-state index >= 15 is 0 Å². The summed E-state index contributed by atoms with van der Waals surface area (Å²) in [7, 11) is -2.81. The standard InChI is InChI=1S/C30H33F3N10O6S/c1-29(2,45)16-49-28(44)43(24-15-36-23(14-37-24)18-10-39-27(48-3)40-11-18)20-6-4-19(5-7-20)41-26-38-13-22(30(31,32)33)25(42-26)17-8-21(12-35-9-17)50(34,46)47/h8-15,19-20,45H,4-7,16H2,1-3H3,(H2,34,46,47)(H,38,41,42). The first-order valence-corrected chi connectivity index (χ1v) is 16.6. The number of hydrogen-bond donors (Lipinski definition) is 3. The average Bonchev–Trinajstić information content (AvgIpc) is 3.07. The van der Waals surface area contributed by atoms with Gasteiger partial charge in [-0.2, -0.15) is 13.2 Å². The van der Waals surface area contributed by atoms with Crippen LogP contribution < -0.4 is 20.1 Å². The van der Waals surface area contributed by atoms with Gasteiger partial charge in [-0.1, -0.05) is 0 Å². The summed E-state index contributed by atoms with van der Waals surface area (Å²) in [6, 6.07) is 0.424. The normalized spacial score (nSPS) is 16.8. The number of carbonyl (C=O) groups is 1. The molecule has 266 valence electrons. The molecule has 0 bridgehead atoms. The third kappa shape index (κ3) is 8.93. The van der Waals surface area contributed by atoms with Crippen LogP contribution in [0.15, 0.2) is 54.3 Å². The van der Waals surface area contributed by atoms with Gasteiger partial charge in [0.25, 0.3) is 0 Å². The molecule has 0 radical (unpaired) electrons. The van der Waals surface area contributed by atoms with Crippen LogP contribution in [0, 0.1) is 0 Å². The molecule has 0 saturated heterocycles. The molecular formula is C30H33F3N10O6S. The Kier molecular flexibility index (Phi) is 10.4. The fourth-order valence-electron chi connectivity index (χ4n) is 5.13. The fraction of sp³-hybridized carbons (Fsp3) is 0.400. The topological polar surface area (TPSA) is 221 Å². The lowest BCUT2D eigenvalue weighted by molar-refractivity contribution is -0.137. The predicted molar refractivity (Wildman–Crippen MR) is 171 cm³/mol. The molecule has 1 amide bonds. The maximum atomic E-state index is 13.9. The molecule has 1 fully saturated rings. The molecule has 5 rings (SSSR count). The number of halogens is 3. The number of hydrogen-bond acceptors (Lipinski definition) is 14. The zero-order chi connectivity index (χ0) is 36.3. The number of carbonyl (C=O) groups excluding carboxylic acids is 1. The van der Waals surface area contributed by atoms with Gasteiger partial charge < -0.3 is 19.9 Å². The van der Waals surface area contributed by atoms with Crippen molar-refractivity contribution in [2.45, 2.75) is 68.3 Å². The van der Waals surface area contributed by atoms with Crippen molar-refractivity contribution in [1.82, 2.24) is 34.9 Å². The zero-order valence-electron chi connectivity index (χ0n) is 27.0. The number of alkyl halides is 3. The Balaban J connectivity index is 1.34. The lowest BCUT2D eigenvalue weighted by atomic mass is 9.90. The van der Waals surface area contributed by atoms with Crippen molar-refractivity contribution in [2.24, 2.45) is 5.14 Å². The minimum atomic E-state index is -4.85. The number of amides is 1. The van der Waals surface area contributed by atoms with E-state index in [4.69, 9.17) is 14.6 Å². The number of rotatable bonds is 10. The van der Waals surface area contributed by atoms with Crippen LogP contribution in [0.5, 0.6) is 6.01 Å². The smallest absolute Gasteiger partial charge is 0.419 e. The van der Waals surface area contributed by atoms with Crippen LogP contribution in [0.25, 0.3) is 22.5 Å². The highest BCUT2D eigenvalue weighted by Gasteiger charge is 2.37. The van der Waals surface area contributed by atoms with E-state index in [2.05, 4.69) is 40.2 Å². The van der Waals surface area contributed by atoms with Crippen molar-refractivity contribution >= 4 is 27.9 Å². The van der Waals surface area contributed by atoms with Crippen LogP contribution in [0.1, 0.15) is 45.1 Å². The first-order valence-electron chi connectivity index (χ1n) is 15.1. The monoisotopic (exact) mass is 718 g/mol. The Bertz CT molecular complexity index is 1920. The van der Waals surface area contributed by atoms with E-state index in [1.54, 1.807) is 0 Å². The predicted octanol–water partition coefficient (Wildman–Crippen LogP) is 3.60. The molecule has 1 aliphatic carbocycles. The van der Waals surface area contributed by atoms with Gasteiger partial charge in [0.15, 0.2) is 5.82 Å². The molecular weight excluding hydrogens is 685 g/mol. The number of nitrogens with two attached hydrogens (primary N) is 1. The second kappa shape index (κ2) is 14.4. The van der Waals surface area contributed by atoms with Crippen LogP contribution in [0.3, 0.4) is 0 Å². The summed E-state index contributed by atoms with van der Waals surface area (Å²) < 4.78 is 75.7. The Labute approximate surface area is 284 Å². The minimum Gasteiger partial charge on any atom is -0.467 e. The summed E-state index contributed by atoms with van der Waals surface area (Å²) in [5.74, 6) is 0.0780. The van der Waals surface area contributed by atoms with Crippen molar-refractivity contribution in [3.8, 4) is 28.5 Å². The Morgan fingerprint density at radius 1 is 0.980 bits per heavy atom. The molecule has 16 nitrogen and oxygen atoms in total. The average molecular weight is 719 g/mol. The summed E-state index contributed by atoms with van der Waals surface area (Å²) in [6.07, 6.45) is 4.59. The van der Waals surface area contributed by atoms with E-state index in [-0.39, 0.29) is 36.0 Å². The number of aliphatic hydroxyl groups is 1. The van der Waals surface area contributed by atoms with Crippen molar-refractivity contribution in [1.29, 1.82) is 0 Å². The summed E-state index contributed by atoms with van der Waals surface area (Å²) in [4.78, 5) is 42.9. The van der Waals surface area contributed by atoms with E-state index < -0.39 is 50.1 Å². The number of primary sulfonamides is 1. The second-order valence-electron chi connectivity index (χ2n) is 12.0. The molecule has 4 heterocycles. The van der Waals surface area contributed by atoms with Gasteiger partial charge in [0.2, 0.25) is 16.0 Å². The highest BCUT2D eigenvalue weighted by Crippen LogP contribution is 2.37. The molecule has 50 heavy (non-hydrogen) atoms. The second-order valence-corrected chi connectivity index (χ2v) is 13.6. The van der Waals surface area contributed by atoms with E-state index in [9.17, 15) is 31.5 Å². The van der Waals surface area contributed by atoms with Crippen molar-refractivity contribution in [3.63, 3.8) is 0 Å². The third-order valence-electron chi connectivity index (χ3n) is 7.54. The van der Waals surface area contributed by atoms with Gasteiger partial charge in [-0.3, -0.25) is 14.9 Å². The SMILES string of the molecule is COc1ncc(-c2cnc(N(C(=O)OCC(C)(C)O)C3CCC(Nc4ncc(C(F)(F)F)c(-c5cncc(S(N)(=O)=O)c5)n4)CC3)cn2)cn1. The third-order valence-corrected chi connectivity index (χ3v) is 8.42. The molecule has 4 N–H and O–H groups in total. The van der Waals surface area contributed by atoms with E-state index in [1.165, 1.54) is 50.6 Å². The van der Waals surface area contributed by atoms with Crippen molar-refractivity contribution < 1.29 is 41.0 Å². The first-order chi connectivity index (χ1) is 23.5. The van der Waals surface area contributed by atoms with Crippen LogP contribution in [-0.2, 0) is 20.9 Å². The first kappa shape index (κ1) is 36.2. The van der Waals surface area contributed by atoms with Crippen molar-refractivity contribution in [3.05, 3.63) is 55.0 Å². The number of sulfonamides is 1. The maximum absolute atomic E-state index is 13.9. The molecule has 20 heteroatoms. The Hall–Kier alpha value is -5.08. The molecule has 0 unspecified atom stereocenters. The number of anilines is 2. The van der Waals surface area contributed by atoms with Crippen LogP contribution in [0.2, 0.25) is 0 Å². The van der Waals surface area contributed by atoms with Gasteiger partial charge in [0.1, 0.15) is 17.1 Å².